The molecule has 0 spiro atoms. The molecule has 98 valence electrons. The van der Waals surface area contributed by atoms with E-state index in [1.165, 1.54) is 4.90 Å². The Bertz CT molecular complexity index is 473. The van der Waals surface area contributed by atoms with Gasteiger partial charge in [-0.05, 0) is 17.5 Å². The molecule has 0 saturated heterocycles. The van der Waals surface area contributed by atoms with Gasteiger partial charge in [-0.15, -0.1) is 0 Å². The topological polar surface area (TPSA) is 82.2 Å². The Morgan fingerprint density at radius 2 is 2.11 bits per heavy atom. The first kappa shape index (κ1) is 14.3. The number of amides is 2. The van der Waals surface area contributed by atoms with Crippen molar-refractivity contribution >= 4 is 29.3 Å². The molecule has 0 unspecified atom stereocenters. The van der Waals surface area contributed by atoms with Crippen molar-refractivity contribution in [3.8, 4) is 0 Å². The zero-order valence-corrected chi connectivity index (χ0v) is 11.4. The normalized spacial score (nSPS) is 10.3. The van der Waals surface area contributed by atoms with Gasteiger partial charge < -0.3 is 5.73 Å². The molecular weight excluding hydrogens is 252 g/mol. The Hall–Kier alpha value is -1.75. The highest BCUT2D eigenvalue weighted by Gasteiger charge is 2.19. The molecule has 2 amide bonds. The van der Waals surface area contributed by atoms with Gasteiger partial charge in [-0.1, -0.05) is 37.6 Å². The van der Waals surface area contributed by atoms with Crippen LogP contribution in [0.4, 0.5) is 10.5 Å². The fraction of sp³-hybridized carbons (Fsp3) is 0.333. The first-order valence-electron chi connectivity index (χ1n) is 5.51. The number of nitrogens with one attached hydrogen (secondary N) is 2. The van der Waals surface area contributed by atoms with Crippen molar-refractivity contribution in [2.75, 3.05) is 11.9 Å². The van der Waals surface area contributed by atoms with E-state index in [1.807, 2.05) is 26.0 Å². The van der Waals surface area contributed by atoms with E-state index in [4.69, 9.17) is 22.7 Å². The lowest BCUT2D eigenvalue weighted by molar-refractivity contribution is 0.251. The quantitative estimate of drug-likeness (QED) is 0.569. The summed E-state index contributed by atoms with van der Waals surface area (Å²) in [5, 5.41) is 9.77. The average molecular weight is 269 g/mol. The molecule has 6 heteroatoms. The molecule has 1 aromatic rings. The minimum Gasteiger partial charge on any atom is -0.370 e. The lowest BCUT2D eigenvalue weighted by Crippen LogP contribution is -2.44. The van der Waals surface area contributed by atoms with Crippen molar-refractivity contribution < 1.29 is 4.79 Å². The summed E-state index contributed by atoms with van der Waals surface area (Å²) in [5.74, 6) is -0.170. The molecule has 0 atom stereocenters. The molecular formula is C12H17ClN4O. The number of anilines is 1. The first-order chi connectivity index (χ1) is 8.34. The maximum Gasteiger partial charge on any atom is 0.328 e. The third-order valence-corrected chi connectivity index (χ3v) is 2.83. The second-order valence-corrected chi connectivity index (χ2v) is 4.64. The number of para-hydroxylation sites is 1. The summed E-state index contributed by atoms with van der Waals surface area (Å²) in [4.78, 5) is 13.2. The van der Waals surface area contributed by atoms with Crippen molar-refractivity contribution in [2.24, 2.45) is 5.73 Å². The fourth-order valence-electron chi connectivity index (χ4n) is 1.65. The second kappa shape index (κ2) is 5.73. The van der Waals surface area contributed by atoms with Crippen LogP contribution in [0, 0.1) is 5.41 Å². The molecule has 5 nitrogen and oxygen atoms in total. The summed E-state index contributed by atoms with van der Waals surface area (Å²) >= 11 is 6.14. The van der Waals surface area contributed by atoms with E-state index in [9.17, 15) is 4.79 Å². The predicted molar refractivity (Wildman–Crippen MR) is 74.4 cm³/mol. The molecule has 18 heavy (non-hydrogen) atoms. The minimum atomic E-state index is -0.488. The number of rotatable bonds is 2. The minimum absolute atomic E-state index is 0.228. The largest absolute Gasteiger partial charge is 0.370 e. The lowest BCUT2D eigenvalue weighted by atomic mass is 10.0. The molecule has 0 aliphatic heterocycles. The number of nitrogens with two attached hydrogens (primary N) is 1. The number of benzene rings is 1. The van der Waals surface area contributed by atoms with Crippen LogP contribution in [-0.2, 0) is 0 Å². The maximum atomic E-state index is 11.8. The van der Waals surface area contributed by atoms with Crippen LogP contribution in [0.1, 0.15) is 25.3 Å². The van der Waals surface area contributed by atoms with Gasteiger partial charge in [0.1, 0.15) is 0 Å². The van der Waals surface area contributed by atoms with Gasteiger partial charge in [0, 0.05) is 7.05 Å². The molecule has 1 rings (SSSR count). The van der Waals surface area contributed by atoms with Crippen LogP contribution in [0.25, 0.3) is 0 Å². The van der Waals surface area contributed by atoms with E-state index in [0.29, 0.717) is 10.7 Å². The Labute approximate surface area is 111 Å². The Morgan fingerprint density at radius 3 is 2.61 bits per heavy atom. The zero-order chi connectivity index (χ0) is 13.9. The highest BCUT2D eigenvalue weighted by Crippen LogP contribution is 2.33. The fourth-order valence-corrected chi connectivity index (χ4v) is 1.96. The number of guanidine groups is 1. The summed E-state index contributed by atoms with van der Waals surface area (Å²) in [6.45, 7) is 4.04. The molecule has 0 aromatic heterocycles. The summed E-state index contributed by atoms with van der Waals surface area (Å²) < 4.78 is 0. The molecule has 0 saturated carbocycles. The van der Waals surface area contributed by atoms with E-state index < -0.39 is 12.0 Å². The second-order valence-electron chi connectivity index (χ2n) is 4.24. The van der Waals surface area contributed by atoms with Gasteiger partial charge in [0.25, 0.3) is 0 Å². The number of urea groups is 1. The Kier molecular flexibility index (Phi) is 4.55. The van der Waals surface area contributed by atoms with Gasteiger partial charge in [0.15, 0.2) is 5.96 Å². The van der Waals surface area contributed by atoms with E-state index in [0.717, 1.165) is 5.56 Å². The number of carbonyl (C=O) groups is 1. The molecule has 1 aromatic carbocycles. The van der Waals surface area contributed by atoms with Crippen molar-refractivity contribution in [3.05, 3.63) is 28.8 Å². The third-order valence-electron chi connectivity index (χ3n) is 2.52. The Balaban J connectivity index is 3.15. The smallest absolute Gasteiger partial charge is 0.328 e. The third kappa shape index (κ3) is 3.13. The summed E-state index contributed by atoms with van der Waals surface area (Å²) in [7, 11) is 1.59. The number of hydrogen-bond acceptors (Lipinski definition) is 2. The van der Waals surface area contributed by atoms with Crippen LogP contribution in [0.5, 0.6) is 0 Å². The monoisotopic (exact) mass is 268 g/mol. The van der Waals surface area contributed by atoms with E-state index >= 15 is 0 Å². The van der Waals surface area contributed by atoms with Crippen LogP contribution < -0.4 is 16.0 Å². The molecule has 0 aliphatic carbocycles. The Morgan fingerprint density at radius 1 is 1.50 bits per heavy atom. The average Bonchev–Trinajstić information content (AvgIpc) is 2.26. The predicted octanol–water partition coefficient (Wildman–Crippen LogP) is 2.50. The van der Waals surface area contributed by atoms with E-state index in [-0.39, 0.29) is 5.92 Å². The van der Waals surface area contributed by atoms with Gasteiger partial charge in [-0.2, -0.15) is 0 Å². The number of hydrogen-bond donors (Lipinski definition) is 3. The molecule has 0 bridgehead atoms. The maximum absolute atomic E-state index is 11.8. The SMILES string of the molecule is CC(C)c1cccc(Cl)c1N(C)C(=O)NC(=N)N. The lowest BCUT2D eigenvalue weighted by Gasteiger charge is -2.23. The van der Waals surface area contributed by atoms with Crippen LogP contribution in [-0.4, -0.2) is 19.0 Å². The number of nitrogens with zero attached hydrogens (tertiary/aromatic N) is 1. The number of carbonyl (C=O) groups excluding carboxylic acids is 1. The van der Waals surface area contributed by atoms with E-state index in [2.05, 4.69) is 5.32 Å². The van der Waals surface area contributed by atoms with Gasteiger partial charge in [0.2, 0.25) is 0 Å². The highest BCUT2D eigenvalue weighted by atomic mass is 35.5. The van der Waals surface area contributed by atoms with Gasteiger partial charge in [-0.25, -0.2) is 4.79 Å². The van der Waals surface area contributed by atoms with E-state index in [1.54, 1.807) is 13.1 Å². The van der Waals surface area contributed by atoms with Gasteiger partial charge >= 0.3 is 6.03 Å². The standard InChI is InChI=1S/C12H17ClN4O/c1-7(2)8-5-4-6-9(13)10(8)17(3)12(18)16-11(14)15/h4-7H,1-3H3,(H4,14,15,16,18). The van der Waals surface area contributed by atoms with Gasteiger partial charge in [-0.3, -0.25) is 15.6 Å². The van der Waals surface area contributed by atoms with Crippen molar-refractivity contribution in [3.63, 3.8) is 0 Å². The summed E-state index contributed by atoms with van der Waals surface area (Å²) in [5.41, 5.74) is 6.73. The van der Waals surface area contributed by atoms with Crippen LogP contribution >= 0.6 is 11.6 Å². The molecule has 0 radical (unpaired) electrons. The summed E-state index contributed by atoms with van der Waals surface area (Å²) in [6, 6.07) is 5.00. The van der Waals surface area contributed by atoms with Crippen molar-refractivity contribution in [1.29, 1.82) is 5.41 Å². The van der Waals surface area contributed by atoms with Crippen molar-refractivity contribution in [1.82, 2.24) is 5.32 Å². The number of halogens is 1. The highest BCUT2D eigenvalue weighted by molar-refractivity contribution is 6.34. The van der Waals surface area contributed by atoms with Crippen molar-refractivity contribution in [2.45, 2.75) is 19.8 Å². The molecule has 0 aliphatic rings. The van der Waals surface area contributed by atoms with Crippen LogP contribution in [0.2, 0.25) is 5.02 Å². The van der Waals surface area contributed by atoms with Gasteiger partial charge in [0.05, 0.1) is 10.7 Å². The zero-order valence-electron chi connectivity index (χ0n) is 10.6. The summed E-state index contributed by atoms with van der Waals surface area (Å²) in [6.07, 6.45) is 0. The van der Waals surface area contributed by atoms with Crippen LogP contribution in [0.15, 0.2) is 18.2 Å². The first-order valence-corrected chi connectivity index (χ1v) is 5.89. The molecule has 0 fully saturated rings. The molecule has 0 heterocycles. The van der Waals surface area contributed by atoms with Crippen LogP contribution in [0.3, 0.4) is 0 Å². The molecule has 4 N–H and O–H groups in total.